The molecule has 1 aromatic carbocycles. The second kappa shape index (κ2) is 7.07. The lowest BCUT2D eigenvalue weighted by molar-refractivity contribution is 0.770. The van der Waals surface area contributed by atoms with Gasteiger partial charge in [0.1, 0.15) is 11.8 Å². The van der Waals surface area contributed by atoms with Crippen LogP contribution in [0.1, 0.15) is 29.9 Å². The Morgan fingerprint density at radius 3 is 2.77 bits per heavy atom. The van der Waals surface area contributed by atoms with Crippen molar-refractivity contribution in [2.45, 2.75) is 26.8 Å². The highest BCUT2D eigenvalue weighted by molar-refractivity contribution is 6.35. The van der Waals surface area contributed by atoms with Gasteiger partial charge in [0.2, 0.25) is 0 Å². The zero-order chi connectivity index (χ0) is 20.8. The van der Waals surface area contributed by atoms with Crippen molar-refractivity contribution in [3.63, 3.8) is 0 Å². The molecule has 0 amide bonds. The summed E-state index contributed by atoms with van der Waals surface area (Å²) in [6.45, 7) is 6.04. The molecule has 0 saturated heterocycles. The molecule has 2 N–H and O–H groups in total. The molecule has 1 unspecified atom stereocenters. The topological polar surface area (TPSA) is 97.2 Å². The Hall–Kier alpha value is -3.52. The molecule has 5 aromatic rings. The summed E-state index contributed by atoms with van der Waals surface area (Å²) in [6.07, 6.45) is 3.12. The van der Waals surface area contributed by atoms with E-state index in [1.54, 1.807) is 6.33 Å². The third kappa shape index (κ3) is 3.05. The molecule has 4 aromatic heterocycles. The van der Waals surface area contributed by atoms with Gasteiger partial charge < -0.3 is 10.3 Å². The predicted octanol–water partition coefficient (Wildman–Crippen LogP) is 4.53. The molecule has 0 saturated carbocycles. The standard InChI is InChI=1S/C21H19ClN8/c1-11-7-12(2)30(29-11)21-15(8-14-5-4-6-16(22)17(14)28-21)13(3)27-20-18-19(24-9-23-18)25-10-26-20/h4-10,13H,1-3H3,(H2,23,24,25,26,27). The minimum Gasteiger partial charge on any atom is -0.361 e. The maximum Gasteiger partial charge on any atom is 0.162 e. The van der Waals surface area contributed by atoms with Crippen molar-refractivity contribution in [1.29, 1.82) is 0 Å². The van der Waals surface area contributed by atoms with Crippen molar-refractivity contribution in [3.05, 3.63) is 65.0 Å². The van der Waals surface area contributed by atoms with Gasteiger partial charge in [-0.05, 0) is 39.0 Å². The van der Waals surface area contributed by atoms with Crippen LogP contribution in [0, 0.1) is 13.8 Å². The van der Waals surface area contributed by atoms with Crippen LogP contribution in [0.15, 0.2) is 43.0 Å². The summed E-state index contributed by atoms with van der Waals surface area (Å²) in [5.74, 6) is 1.38. The molecule has 0 radical (unpaired) electrons. The van der Waals surface area contributed by atoms with Crippen LogP contribution < -0.4 is 5.32 Å². The van der Waals surface area contributed by atoms with E-state index in [9.17, 15) is 0 Å². The first-order valence-electron chi connectivity index (χ1n) is 9.54. The van der Waals surface area contributed by atoms with Gasteiger partial charge in [-0.25, -0.2) is 24.6 Å². The van der Waals surface area contributed by atoms with E-state index < -0.39 is 0 Å². The van der Waals surface area contributed by atoms with Crippen LogP contribution in [-0.4, -0.2) is 34.7 Å². The molecule has 5 rings (SSSR count). The maximum atomic E-state index is 6.44. The Morgan fingerprint density at radius 2 is 1.97 bits per heavy atom. The van der Waals surface area contributed by atoms with Crippen LogP contribution in [0.3, 0.4) is 0 Å². The highest BCUT2D eigenvalue weighted by atomic mass is 35.5. The number of hydrogen-bond donors (Lipinski definition) is 2. The molecule has 8 nitrogen and oxygen atoms in total. The maximum absolute atomic E-state index is 6.44. The summed E-state index contributed by atoms with van der Waals surface area (Å²) in [5, 5.41) is 9.67. The Kier molecular flexibility index (Phi) is 4.36. The lowest BCUT2D eigenvalue weighted by Gasteiger charge is -2.19. The Bertz CT molecular complexity index is 1390. The van der Waals surface area contributed by atoms with Gasteiger partial charge in [-0.3, -0.25) is 0 Å². The van der Waals surface area contributed by atoms with E-state index in [4.69, 9.17) is 16.6 Å². The number of aromatic nitrogens is 7. The van der Waals surface area contributed by atoms with E-state index in [0.717, 1.165) is 33.7 Å². The molecule has 9 heteroatoms. The molecule has 0 aliphatic heterocycles. The summed E-state index contributed by atoms with van der Waals surface area (Å²) >= 11 is 6.44. The Labute approximate surface area is 177 Å². The number of para-hydroxylation sites is 1. The van der Waals surface area contributed by atoms with Crippen LogP contribution in [0.2, 0.25) is 5.02 Å². The lowest BCUT2D eigenvalue weighted by atomic mass is 10.1. The number of hydrogen-bond acceptors (Lipinski definition) is 6. The molecular formula is C21H19ClN8. The highest BCUT2D eigenvalue weighted by Crippen LogP contribution is 2.31. The summed E-state index contributed by atoms with van der Waals surface area (Å²) in [5.41, 5.74) is 5.01. The number of imidazole rings is 1. The molecule has 150 valence electrons. The second-order valence-corrected chi connectivity index (χ2v) is 7.65. The zero-order valence-corrected chi connectivity index (χ0v) is 17.4. The first-order valence-corrected chi connectivity index (χ1v) is 9.92. The number of fused-ring (bicyclic) bond motifs is 2. The number of aryl methyl sites for hydroxylation is 2. The number of aromatic amines is 1. The smallest absolute Gasteiger partial charge is 0.162 e. The van der Waals surface area contributed by atoms with Crippen molar-refractivity contribution < 1.29 is 0 Å². The Morgan fingerprint density at radius 1 is 1.10 bits per heavy atom. The number of rotatable bonds is 4. The molecule has 30 heavy (non-hydrogen) atoms. The van der Waals surface area contributed by atoms with Gasteiger partial charge in [-0.2, -0.15) is 5.10 Å². The molecule has 0 bridgehead atoms. The van der Waals surface area contributed by atoms with Crippen LogP contribution in [0.25, 0.3) is 27.9 Å². The monoisotopic (exact) mass is 418 g/mol. The molecule has 0 aliphatic rings. The summed E-state index contributed by atoms with van der Waals surface area (Å²) < 4.78 is 1.86. The van der Waals surface area contributed by atoms with E-state index in [1.165, 1.54) is 6.33 Å². The van der Waals surface area contributed by atoms with Crippen LogP contribution >= 0.6 is 11.6 Å². The van der Waals surface area contributed by atoms with Gasteiger partial charge in [-0.1, -0.05) is 23.7 Å². The van der Waals surface area contributed by atoms with Gasteiger partial charge >= 0.3 is 0 Å². The number of halogens is 1. The number of benzene rings is 1. The van der Waals surface area contributed by atoms with Gasteiger partial charge in [0.25, 0.3) is 0 Å². The second-order valence-electron chi connectivity index (χ2n) is 7.24. The van der Waals surface area contributed by atoms with Gasteiger partial charge in [0.05, 0.1) is 28.6 Å². The fourth-order valence-corrected chi connectivity index (χ4v) is 3.88. The summed E-state index contributed by atoms with van der Waals surface area (Å²) in [6, 6.07) is 9.77. The van der Waals surface area contributed by atoms with Crippen molar-refractivity contribution in [3.8, 4) is 5.82 Å². The van der Waals surface area contributed by atoms with Crippen molar-refractivity contribution >= 4 is 39.5 Å². The fraction of sp³-hybridized carbons (Fsp3) is 0.190. The van der Waals surface area contributed by atoms with E-state index >= 15 is 0 Å². The van der Waals surface area contributed by atoms with Gasteiger partial charge in [0.15, 0.2) is 17.3 Å². The van der Waals surface area contributed by atoms with Crippen molar-refractivity contribution in [2.75, 3.05) is 5.32 Å². The van der Waals surface area contributed by atoms with Crippen LogP contribution in [-0.2, 0) is 0 Å². The molecular weight excluding hydrogens is 400 g/mol. The number of H-pyrrole nitrogens is 1. The number of anilines is 1. The average Bonchev–Trinajstić information content (AvgIpc) is 3.34. The van der Waals surface area contributed by atoms with Crippen molar-refractivity contribution in [1.82, 2.24) is 34.7 Å². The van der Waals surface area contributed by atoms with Crippen LogP contribution in [0.5, 0.6) is 0 Å². The predicted molar refractivity (Wildman–Crippen MR) is 117 cm³/mol. The Balaban J connectivity index is 1.67. The zero-order valence-electron chi connectivity index (χ0n) is 16.7. The van der Waals surface area contributed by atoms with E-state index in [1.807, 2.05) is 42.8 Å². The van der Waals surface area contributed by atoms with Gasteiger partial charge in [-0.15, -0.1) is 0 Å². The third-order valence-electron chi connectivity index (χ3n) is 5.05. The molecule has 0 fully saturated rings. The van der Waals surface area contributed by atoms with Gasteiger partial charge in [0, 0.05) is 16.6 Å². The first-order chi connectivity index (χ1) is 14.5. The van der Waals surface area contributed by atoms with E-state index in [-0.39, 0.29) is 6.04 Å². The quantitative estimate of drug-likeness (QED) is 0.445. The summed E-state index contributed by atoms with van der Waals surface area (Å²) in [7, 11) is 0. The fourth-order valence-electron chi connectivity index (χ4n) is 3.65. The van der Waals surface area contributed by atoms with E-state index in [0.29, 0.717) is 22.0 Å². The van der Waals surface area contributed by atoms with Crippen LogP contribution in [0.4, 0.5) is 5.82 Å². The third-order valence-corrected chi connectivity index (χ3v) is 5.36. The summed E-state index contributed by atoms with van der Waals surface area (Å²) in [4.78, 5) is 20.8. The number of nitrogens with one attached hydrogen (secondary N) is 2. The number of pyridine rings is 1. The lowest BCUT2D eigenvalue weighted by Crippen LogP contribution is -2.14. The first kappa shape index (κ1) is 18.5. The minimum absolute atomic E-state index is 0.130. The minimum atomic E-state index is -0.130. The van der Waals surface area contributed by atoms with Crippen molar-refractivity contribution in [2.24, 2.45) is 0 Å². The number of nitrogens with zero attached hydrogens (tertiary/aromatic N) is 6. The molecule has 0 aliphatic carbocycles. The SMILES string of the molecule is Cc1cc(C)n(-c2nc3c(Cl)cccc3cc2C(C)Nc2ncnc3[nH]cnc23)n1. The average molecular weight is 419 g/mol. The highest BCUT2D eigenvalue weighted by Gasteiger charge is 2.20. The normalized spacial score (nSPS) is 12.5. The molecule has 1 atom stereocenters. The molecule has 0 spiro atoms. The van der Waals surface area contributed by atoms with E-state index in [2.05, 4.69) is 43.3 Å². The molecule has 4 heterocycles. The largest absolute Gasteiger partial charge is 0.361 e.